The largest absolute Gasteiger partial charge is 0.424 e. The lowest BCUT2D eigenvalue weighted by Crippen LogP contribution is -2.24. The molecule has 1 aromatic carbocycles. The van der Waals surface area contributed by atoms with E-state index in [1.807, 2.05) is 11.8 Å². The molecule has 0 saturated carbocycles. The number of aryl methyl sites for hydroxylation is 1. The third-order valence-corrected chi connectivity index (χ3v) is 3.86. The molecule has 118 valence electrons. The van der Waals surface area contributed by atoms with Crippen molar-refractivity contribution in [3.63, 3.8) is 0 Å². The lowest BCUT2D eigenvalue weighted by molar-refractivity contribution is 0.166. The molecular formula is C15H17F2N3O2. The summed E-state index contributed by atoms with van der Waals surface area (Å²) in [7, 11) is 0. The van der Waals surface area contributed by atoms with E-state index < -0.39 is 17.7 Å². The van der Waals surface area contributed by atoms with Gasteiger partial charge in [-0.3, -0.25) is 4.90 Å². The third kappa shape index (κ3) is 3.00. The summed E-state index contributed by atoms with van der Waals surface area (Å²) in [6.07, 6.45) is 0.592. The zero-order chi connectivity index (χ0) is 15.7. The Hall–Kier alpha value is -1.86. The van der Waals surface area contributed by atoms with Crippen molar-refractivity contribution in [1.29, 1.82) is 0 Å². The van der Waals surface area contributed by atoms with Gasteiger partial charge in [0.15, 0.2) is 11.6 Å². The first-order valence-corrected chi connectivity index (χ1v) is 7.25. The summed E-state index contributed by atoms with van der Waals surface area (Å²) in [6.45, 7) is 2.71. The smallest absolute Gasteiger partial charge is 0.230 e. The fourth-order valence-electron chi connectivity index (χ4n) is 2.79. The highest BCUT2D eigenvalue weighted by atomic mass is 19.2. The Kier molecular flexibility index (Phi) is 4.17. The maximum Gasteiger partial charge on any atom is 0.230 e. The van der Waals surface area contributed by atoms with Gasteiger partial charge in [0.05, 0.1) is 12.6 Å². The molecule has 0 amide bonds. The fraction of sp³-hybridized carbons (Fsp3) is 0.467. The van der Waals surface area contributed by atoms with Gasteiger partial charge in [-0.1, -0.05) is 13.0 Å². The highest BCUT2D eigenvalue weighted by Crippen LogP contribution is 2.33. The summed E-state index contributed by atoms with van der Waals surface area (Å²) in [4.78, 5) is 1.93. The van der Waals surface area contributed by atoms with Crippen LogP contribution in [-0.2, 0) is 13.0 Å². The Balaban J connectivity index is 1.80. The summed E-state index contributed by atoms with van der Waals surface area (Å²) < 4.78 is 32.0. The molecule has 2 atom stereocenters. The lowest BCUT2D eigenvalue weighted by Gasteiger charge is -2.22. The summed E-state index contributed by atoms with van der Waals surface area (Å²) in [6, 6.07) is 3.62. The molecule has 1 aliphatic rings. The first-order chi connectivity index (χ1) is 10.6. The lowest BCUT2D eigenvalue weighted by atomic mass is 10.0. The topological polar surface area (TPSA) is 62.4 Å². The van der Waals surface area contributed by atoms with Gasteiger partial charge < -0.3 is 9.52 Å². The Morgan fingerprint density at radius 2 is 2.05 bits per heavy atom. The Bertz CT molecular complexity index is 662. The van der Waals surface area contributed by atoms with Crippen molar-refractivity contribution in [3.05, 3.63) is 47.2 Å². The summed E-state index contributed by atoms with van der Waals surface area (Å²) >= 11 is 0. The number of hydrogen-bond acceptors (Lipinski definition) is 5. The van der Waals surface area contributed by atoms with Gasteiger partial charge in [-0.2, -0.15) is 0 Å². The zero-order valence-electron chi connectivity index (χ0n) is 12.2. The Morgan fingerprint density at radius 3 is 2.73 bits per heavy atom. The number of nitrogens with zero attached hydrogens (tertiary/aromatic N) is 3. The molecule has 2 aromatic rings. The van der Waals surface area contributed by atoms with Crippen molar-refractivity contribution in [2.24, 2.45) is 0 Å². The van der Waals surface area contributed by atoms with E-state index in [9.17, 15) is 13.9 Å². The number of hydrogen-bond donors (Lipinski definition) is 1. The maximum atomic E-state index is 13.4. The number of rotatable bonds is 4. The number of aliphatic hydroxyl groups is 1. The average molecular weight is 309 g/mol. The van der Waals surface area contributed by atoms with Crippen LogP contribution in [0.5, 0.6) is 0 Å². The van der Waals surface area contributed by atoms with Crippen LogP contribution >= 0.6 is 0 Å². The molecule has 3 rings (SSSR count). The van der Waals surface area contributed by atoms with Crippen LogP contribution in [0, 0.1) is 11.6 Å². The van der Waals surface area contributed by atoms with Crippen LogP contribution in [0.1, 0.15) is 36.7 Å². The molecule has 0 bridgehead atoms. The van der Waals surface area contributed by atoms with Crippen molar-refractivity contribution in [2.75, 3.05) is 6.54 Å². The zero-order valence-corrected chi connectivity index (χ0v) is 12.2. The summed E-state index contributed by atoms with van der Waals surface area (Å²) in [5.74, 6) is -0.749. The van der Waals surface area contributed by atoms with Gasteiger partial charge in [0.2, 0.25) is 11.8 Å². The quantitative estimate of drug-likeness (QED) is 0.938. The van der Waals surface area contributed by atoms with E-state index in [0.717, 1.165) is 6.07 Å². The van der Waals surface area contributed by atoms with Gasteiger partial charge in [0.1, 0.15) is 0 Å². The van der Waals surface area contributed by atoms with Gasteiger partial charge in [-0.05, 0) is 24.1 Å². The van der Waals surface area contributed by atoms with Gasteiger partial charge in [0.25, 0.3) is 0 Å². The van der Waals surface area contributed by atoms with Gasteiger partial charge >= 0.3 is 0 Å². The molecule has 5 nitrogen and oxygen atoms in total. The van der Waals surface area contributed by atoms with Crippen LogP contribution in [0.25, 0.3) is 0 Å². The van der Waals surface area contributed by atoms with E-state index in [4.69, 9.17) is 4.42 Å². The standard InChI is InChI=1S/C15H17F2N3O2/c1-2-14-18-19-15(22-14)8-20-7-10(21)6-13(20)9-3-4-11(16)12(17)5-9/h3-5,10,13,21H,2,6-8H2,1H3/t10-,13+/m0/s1. The maximum absolute atomic E-state index is 13.4. The van der Waals surface area contributed by atoms with E-state index in [2.05, 4.69) is 10.2 Å². The predicted octanol–water partition coefficient (Wildman–Crippen LogP) is 2.22. The number of aliphatic hydroxyl groups excluding tert-OH is 1. The first-order valence-electron chi connectivity index (χ1n) is 7.25. The van der Waals surface area contributed by atoms with Gasteiger partial charge in [0, 0.05) is 19.0 Å². The highest BCUT2D eigenvalue weighted by Gasteiger charge is 2.33. The minimum Gasteiger partial charge on any atom is -0.424 e. The molecular weight excluding hydrogens is 292 g/mol. The van der Waals surface area contributed by atoms with Crippen molar-refractivity contribution in [2.45, 2.75) is 38.5 Å². The van der Waals surface area contributed by atoms with Crippen LogP contribution < -0.4 is 0 Å². The van der Waals surface area contributed by atoms with Crippen molar-refractivity contribution in [1.82, 2.24) is 15.1 Å². The van der Waals surface area contributed by atoms with E-state index in [1.54, 1.807) is 6.07 Å². The number of β-amino-alcohol motifs (C(OH)–C–C–N with tert-alkyl or cyclic N) is 1. The number of aromatic nitrogens is 2. The Labute approximate surface area is 126 Å². The van der Waals surface area contributed by atoms with Crippen molar-refractivity contribution in [3.8, 4) is 0 Å². The molecule has 0 spiro atoms. The molecule has 0 aliphatic carbocycles. The molecule has 1 aromatic heterocycles. The molecule has 0 unspecified atom stereocenters. The van der Waals surface area contributed by atoms with Crippen molar-refractivity contribution >= 4 is 0 Å². The normalized spacial score (nSPS) is 22.4. The van der Waals surface area contributed by atoms with Crippen LogP contribution in [-0.4, -0.2) is 32.9 Å². The van der Waals surface area contributed by atoms with E-state index >= 15 is 0 Å². The highest BCUT2D eigenvalue weighted by molar-refractivity contribution is 5.23. The van der Waals surface area contributed by atoms with E-state index in [1.165, 1.54) is 6.07 Å². The monoisotopic (exact) mass is 309 g/mol. The predicted molar refractivity (Wildman–Crippen MR) is 73.8 cm³/mol. The number of benzene rings is 1. The van der Waals surface area contributed by atoms with Crippen LogP contribution in [0.3, 0.4) is 0 Å². The number of likely N-dealkylation sites (tertiary alicyclic amines) is 1. The Morgan fingerprint density at radius 1 is 1.27 bits per heavy atom. The van der Waals surface area contributed by atoms with Crippen LogP contribution in [0.2, 0.25) is 0 Å². The summed E-state index contributed by atoms with van der Waals surface area (Å²) in [5, 5.41) is 17.8. The van der Waals surface area contributed by atoms with Gasteiger partial charge in [-0.15, -0.1) is 10.2 Å². The third-order valence-electron chi connectivity index (χ3n) is 3.86. The van der Waals surface area contributed by atoms with E-state index in [-0.39, 0.29) is 6.04 Å². The summed E-state index contributed by atoms with van der Waals surface area (Å²) in [5.41, 5.74) is 0.630. The van der Waals surface area contributed by atoms with Crippen LogP contribution in [0.15, 0.2) is 22.6 Å². The first kappa shape index (κ1) is 15.1. The molecule has 22 heavy (non-hydrogen) atoms. The molecule has 1 fully saturated rings. The molecule has 0 radical (unpaired) electrons. The minimum atomic E-state index is -0.884. The SMILES string of the molecule is CCc1nnc(CN2C[C@@H](O)C[C@@H]2c2ccc(F)c(F)c2)o1. The second-order valence-corrected chi connectivity index (χ2v) is 5.45. The molecule has 1 aliphatic heterocycles. The second kappa shape index (κ2) is 6.10. The van der Waals surface area contributed by atoms with Crippen LogP contribution in [0.4, 0.5) is 8.78 Å². The molecule has 1 N–H and O–H groups in total. The number of halogens is 2. The van der Waals surface area contributed by atoms with Gasteiger partial charge in [-0.25, -0.2) is 8.78 Å². The minimum absolute atomic E-state index is 0.206. The molecule has 2 heterocycles. The molecule has 7 heteroatoms. The van der Waals surface area contributed by atoms with Crippen molar-refractivity contribution < 1.29 is 18.3 Å². The molecule has 1 saturated heterocycles. The second-order valence-electron chi connectivity index (χ2n) is 5.45. The van der Waals surface area contributed by atoms with E-state index in [0.29, 0.717) is 43.3 Å². The fourth-order valence-corrected chi connectivity index (χ4v) is 2.79. The average Bonchev–Trinajstić information content (AvgIpc) is 3.09.